The molecule has 10 heteroatoms. The number of hydrogen-bond donors (Lipinski definition) is 3. The van der Waals surface area contributed by atoms with E-state index in [1.54, 1.807) is 46.4 Å². The van der Waals surface area contributed by atoms with Crippen molar-refractivity contribution >= 4 is 22.4 Å². The number of fused-ring (bicyclic) bond motifs is 7. The molecule has 4 heterocycles. The number of aliphatic hydroxyl groups is 1. The zero-order chi connectivity index (χ0) is 26.6. The number of carbonyl (C=O) groups is 1. The first-order valence-electron chi connectivity index (χ1n) is 11.9. The molecular weight excluding hydrogens is 482 g/mol. The summed E-state index contributed by atoms with van der Waals surface area (Å²) in [6, 6.07) is 2.76. The third-order valence-electron chi connectivity index (χ3n) is 7.82. The standard InChI is InChI=1S/C27H26F2N4O4/c1-12-6-17(28)21-13(2)23(12)37-19-10-32(4)20(34)8-14(19)16-9-33(5)25(36)22-15(16)7-18(30-22)24(35)31-26(3)11-27(21,26)29/h6-10,20,30,34H,11H2,1-5H3,(H,31,35). The highest BCUT2D eigenvalue weighted by atomic mass is 19.2. The van der Waals surface area contributed by atoms with Gasteiger partial charge >= 0.3 is 0 Å². The molecular formula is C27H26F2N4O4. The molecule has 0 saturated heterocycles. The van der Waals surface area contributed by atoms with Crippen molar-refractivity contribution in [2.75, 3.05) is 7.05 Å². The molecule has 6 rings (SSSR count). The second-order valence-electron chi connectivity index (χ2n) is 10.5. The summed E-state index contributed by atoms with van der Waals surface area (Å²) in [6.07, 6.45) is 3.65. The summed E-state index contributed by atoms with van der Waals surface area (Å²) in [5, 5.41) is 13.8. The third kappa shape index (κ3) is 3.14. The summed E-state index contributed by atoms with van der Waals surface area (Å²) in [5.41, 5.74) is -2.05. The largest absolute Gasteiger partial charge is 0.455 e. The van der Waals surface area contributed by atoms with Crippen LogP contribution in [0.3, 0.4) is 0 Å². The molecule has 2 aromatic heterocycles. The van der Waals surface area contributed by atoms with Crippen molar-refractivity contribution in [3.8, 4) is 5.75 Å². The smallest absolute Gasteiger partial charge is 0.274 e. The zero-order valence-electron chi connectivity index (χ0n) is 21.0. The minimum absolute atomic E-state index is 0.0643. The van der Waals surface area contributed by atoms with E-state index in [-0.39, 0.29) is 40.1 Å². The van der Waals surface area contributed by atoms with Gasteiger partial charge in [-0.3, -0.25) is 9.59 Å². The molecule has 0 radical (unpaired) electrons. The van der Waals surface area contributed by atoms with E-state index in [1.807, 2.05) is 0 Å². The van der Waals surface area contributed by atoms with Gasteiger partial charge in [-0.25, -0.2) is 8.78 Å². The van der Waals surface area contributed by atoms with E-state index in [1.165, 1.54) is 28.5 Å². The molecule has 4 bridgehead atoms. The molecule has 3 aromatic rings. The van der Waals surface area contributed by atoms with Gasteiger partial charge in [0.05, 0.1) is 5.54 Å². The van der Waals surface area contributed by atoms with Crippen LogP contribution < -0.4 is 15.6 Å². The molecule has 1 aromatic carbocycles. The maximum atomic E-state index is 16.4. The monoisotopic (exact) mass is 508 g/mol. The van der Waals surface area contributed by atoms with Crippen molar-refractivity contribution < 1.29 is 23.4 Å². The Morgan fingerprint density at radius 3 is 2.68 bits per heavy atom. The van der Waals surface area contributed by atoms with Crippen LogP contribution in [0.5, 0.6) is 5.75 Å². The first kappa shape index (κ1) is 23.5. The van der Waals surface area contributed by atoms with E-state index < -0.39 is 29.2 Å². The molecule has 37 heavy (non-hydrogen) atoms. The number of benzene rings is 1. The number of halogens is 2. The number of rotatable bonds is 0. The molecule has 1 saturated carbocycles. The molecule has 2 aliphatic heterocycles. The SMILES string of the molecule is Cc1cc(F)c2c(C)c1OC1=CN(C)C(O)C=C1c1cn(C)c(=O)c3[nH]c(cc13)C(=O)NC1(C)CC21F. The van der Waals surface area contributed by atoms with E-state index in [0.717, 1.165) is 0 Å². The Labute approximate surface area is 210 Å². The van der Waals surface area contributed by atoms with Crippen LogP contribution in [-0.2, 0) is 12.7 Å². The highest BCUT2D eigenvalue weighted by Gasteiger charge is 2.69. The molecule has 8 nitrogen and oxygen atoms in total. The van der Waals surface area contributed by atoms with Crippen molar-refractivity contribution in [1.29, 1.82) is 0 Å². The Morgan fingerprint density at radius 2 is 1.95 bits per heavy atom. The molecule has 3 N–H and O–H groups in total. The van der Waals surface area contributed by atoms with Crippen LogP contribution in [0.15, 0.2) is 41.2 Å². The van der Waals surface area contributed by atoms with Crippen LogP contribution >= 0.6 is 0 Å². The number of H-pyrrole nitrogens is 1. The Morgan fingerprint density at radius 1 is 1.22 bits per heavy atom. The molecule has 1 aliphatic carbocycles. The van der Waals surface area contributed by atoms with Gasteiger partial charge in [-0.1, -0.05) is 0 Å². The summed E-state index contributed by atoms with van der Waals surface area (Å²) in [6.45, 7) is 4.80. The number of nitrogens with zero attached hydrogens (tertiary/aromatic N) is 2. The van der Waals surface area contributed by atoms with Gasteiger partial charge in [0.25, 0.3) is 11.5 Å². The predicted octanol–water partition coefficient (Wildman–Crippen LogP) is 3.26. The average Bonchev–Trinajstić information content (AvgIpc) is 3.15. The minimum atomic E-state index is -2.16. The summed E-state index contributed by atoms with van der Waals surface area (Å²) in [4.78, 5) is 30.6. The number of aliphatic hydroxyl groups excluding tert-OH is 1. The molecule has 0 spiro atoms. The van der Waals surface area contributed by atoms with Crippen LogP contribution in [0.4, 0.5) is 8.78 Å². The predicted molar refractivity (Wildman–Crippen MR) is 133 cm³/mol. The molecule has 192 valence electrons. The zero-order valence-corrected chi connectivity index (χ0v) is 21.0. The van der Waals surface area contributed by atoms with Crippen molar-refractivity contribution in [3.63, 3.8) is 0 Å². The fraction of sp³-hybridized carbons (Fsp3) is 0.333. The average molecular weight is 509 g/mol. The number of likely N-dealkylation sites (N-methyl/N-ethyl adjacent to an activating group) is 1. The van der Waals surface area contributed by atoms with E-state index >= 15 is 8.78 Å². The Kier molecular flexibility index (Phi) is 4.64. The summed E-state index contributed by atoms with van der Waals surface area (Å²) in [7, 11) is 3.25. The van der Waals surface area contributed by atoms with Crippen LogP contribution in [0.1, 0.15) is 46.1 Å². The number of amides is 1. The lowest BCUT2D eigenvalue weighted by atomic mass is 9.94. The van der Waals surface area contributed by atoms with Crippen molar-refractivity contribution in [2.45, 2.75) is 44.6 Å². The molecule has 3 aliphatic rings. The van der Waals surface area contributed by atoms with Gasteiger partial charge in [0.2, 0.25) is 0 Å². The highest BCUT2D eigenvalue weighted by molar-refractivity contribution is 6.03. The van der Waals surface area contributed by atoms with Gasteiger partial charge in [0.1, 0.15) is 29.0 Å². The van der Waals surface area contributed by atoms with Crippen LogP contribution in [0.25, 0.3) is 16.5 Å². The normalized spacial score (nSPS) is 26.5. The maximum absolute atomic E-state index is 16.4. The van der Waals surface area contributed by atoms with Crippen LogP contribution in [0.2, 0.25) is 0 Å². The lowest BCUT2D eigenvalue weighted by Crippen LogP contribution is -2.40. The highest BCUT2D eigenvalue weighted by Crippen LogP contribution is 2.61. The van der Waals surface area contributed by atoms with Gasteiger partial charge < -0.3 is 29.6 Å². The van der Waals surface area contributed by atoms with Crippen molar-refractivity contribution in [1.82, 2.24) is 19.8 Å². The van der Waals surface area contributed by atoms with E-state index in [0.29, 0.717) is 27.8 Å². The number of ether oxygens (including phenoxy) is 1. The summed E-state index contributed by atoms with van der Waals surface area (Å²) >= 11 is 0. The number of aromatic nitrogens is 2. The number of carbonyl (C=O) groups excluding carboxylic acids is 1. The van der Waals surface area contributed by atoms with Crippen LogP contribution in [-0.4, -0.2) is 44.3 Å². The Bertz CT molecular complexity index is 1670. The molecule has 3 unspecified atom stereocenters. The first-order valence-corrected chi connectivity index (χ1v) is 11.9. The van der Waals surface area contributed by atoms with E-state index in [2.05, 4.69) is 10.3 Å². The number of hydrogen-bond acceptors (Lipinski definition) is 5. The Balaban J connectivity index is 1.68. The number of alkyl halides is 1. The number of nitrogens with one attached hydrogen (secondary N) is 2. The van der Waals surface area contributed by atoms with Crippen molar-refractivity contribution in [2.24, 2.45) is 7.05 Å². The topological polar surface area (TPSA) is 99.6 Å². The first-order chi connectivity index (χ1) is 17.3. The maximum Gasteiger partial charge on any atom is 0.274 e. The van der Waals surface area contributed by atoms with Gasteiger partial charge in [-0.2, -0.15) is 0 Å². The summed E-state index contributed by atoms with van der Waals surface area (Å²) < 4.78 is 39.4. The number of pyridine rings is 1. The number of aromatic amines is 1. The Hall–Kier alpha value is -3.92. The summed E-state index contributed by atoms with van der Waals surface area (Å²) in [5.74, 6) is -0.736. The van der Waals surface area contributed by atoms with Crippen molar-refractivity contribution in [3.05, 3.63) is 80.5 Å². The fourth-order valence-corrected chi connectivity index (χ4v) is 5.59. The van der Waals surface area contributed by atoms with Gasteiger partial charge in [0.15, 0.2) is 11.4 Å². The second-order valence-corrected chi connectivity index (χ2v) is 10.5. The van der Waals surface area contributed by atoms with Crippen LogP contribution in [0, 0.1) is 19.7 Å². The van der Waals surface area contributed by atoms with Gasteiger partial charge in [0, 0.05) is 60.6 Å². The molecule has 1 amide bonds. The van der Waals surface area contributed by atoms with E-state index in [4.69, 9.17) is 4.74 Å². The van der Waals surface area contributed by atoms with Gasteiger partial charge in [-0.15, -0.1) is 0 Å². The minimum Gasteiger partial charge on any atom is -0.455 e. The molecule has 3 atom stereocenters. The third-order valence-corrected chi connectivity index (χ3v) is 7.82. The lowest BCUT2D eigenvalue weighted by Gasteiger charge is -2.29. The van der Waals surface area contributed by atoms with E-state index in [9.17, 15) is 14.7 Å². The quantitative estimate of drug-likeness (QED) is 0.433. The lowest BCUT2D eigenvalue weighted by molar-refractivity contribution is 0.0908. The molecule has 1 fully saturated rings. The second kappa shape index (κ2) is 7.32. The number of aryl methyl sites for hydroxylation is 2. The number of allylic oxidation sites excluding steroid dienone is 1. The van der Waals surface area contributed by atoms with Gasteiger partial charge in [-0.05, 0) is 44.5 Å². The fourth-order valence-electron chi connectivity index (χ4n) is 5.59.